The Bertz CT molecular complexity index is 718. The number of ether oxygens (including phenoxy) is 2. The van der Waals surface area contributed by atoms with Gasteiger partial charge in [-0.25, -0.2) is 4.79 Å². The van der Waals surface area contributed by atoms with E-state index in [1.54, 1.807) is 11.8 Å². The minimum atomic E-state index is -0.977. The van der Waals surface area contributed by atoms with Crippen molar-refractivity contribution in [3.63, 3.8) is 0 Å². The quantitative estimate of drug-likeness (QED) is 0.553. The van der Waals surface area contributed by atoms with Crippen molar-refractivity contribution in [2.45, 2.75) is 25.2 Å². The first kappa shape index (κ1) is 20.5. The minimum Gasteiger partial charge on any atom is -0.493 e. The van der Waals surface area contributed by atoms with E-state index in [2.05, 4.69) is 6.92 Å². The fraction of sp³-hybridized carbons (Fsp3) is 0.350. The van der Waals surface area contributed by atoms with Crippen LogP contribution in [0.4, 0.5) is 0 Å². The van der Waals surface area contributed by atoms with Gasteiger partial charge >= 0.3 is 5.97 Å². The SMILES string of the molecule is CCC(COc1ccc(Cl)cc1)CSc1ccc(OCC(=O)O)c(C)c1. The Balaban J connectivity index is 1.84. The zero-order chi connectivity index (χ0) is 18.9. The van der Waals surface area contributed by atoms with Gasteiger partial charge in [0, 0.05) is 21.6 Å². The highest BCUT2D eigenvalue weighted by molar-refractivity contribution is 7.99. The van der Waals surface area contributed by atoms with Gasteiger partial charge in [0.2, 0.25) is 0 Å². The number of carboxylic acid groups (broad SMARTS) is 1. The van der Waals surface area contributed by atoms with Gasteiger partial charge in [0.1, 0.15) is 11.5 Å². The Kier molecular flexibility index (Phi) is 8.13. The summed E-state index contributed by atoms with van der Waals surface area (Å²) in [7, 11) is 0. The predicted molar refractivity (Wildman–Crippen MR) is 106 cm³/mol. The van der Waals surface area contributed by atoms with Gasteiger partial charge in [-0.1, -0.05) is 18.5 Å². The second kappa shape index (κ2) is 10.3. The molecule has 2 aromatic rings. The summed E-state index contributed by atoms with van der Waals surface area (Å²) < 4.78 is 11.1. The van der Waals surface area contributed by atoms with Crippen LogP contribution in [0.2, 0.25) is 5.02 Å². The molecular formula is C20H23ClO4S. The Labute approximate surface area is 163 Å². The molecule has 0 aliphatic rings. The first-order valence-electron chi connectivity index (χ1n) is 8.44. The van der Waals surface area contributed by atoms with E-state index in [1.165, 1.54) is 0 Å². The van der Waals surface area contributed by atoms with Crippen molar-refractivity contribution in [1.29, 1.82) is 0 Å². The van der Waals surface area contributed by atoms with Gasteiger partial charge in [-0.05, 0) is 61.4 Å². The van der Waals surface area contributed by atoms with E-state index in [0.29, 0.717) is 23.3 Å². The molecule has 140 valence electrons. The third-order valence-corrected chi connectivity index (χ3v) is 5.34. The summed E-state index contributed by atoms with van der Waals surface area (Å²) in [5, 5.41) is 9.39. The molecule has 2 aromatic carbocycles. The van der Waals surface area contributed by atoms with Crippen LogP contribution in [0.5, 0.6) is 11.5 Å². The molecule has 0 amide bonds. The summed E-state index contributed by atoms with van der Waals surface area (Å²) >= 11 is 7.65. The number of thioether (sulfide) groups is 1. The van der Waals surface area contributed by atoms with Gasteiger partial charge in [0.15, 0.2) is 6.61 Å². The smallest absolute Gasteiger partial charge is 0.341 e. The number of hydrogen-bond donors (Lipinski definition) is 1. The normalized spacial score (nSPS) is 11.8. The van der Waals surface area contributed by atoms with Crippen molar-refractivity contribution in [3.8, 4) is 11.5 Å². The average Bonchev–Trinajstić information content (AvgIpc) is 2.62. The molecule has 0 aliphatic carbocycles. The number of hydrogen-bond acceptors (Lipinski definition) is 4. The van der Waals surface area contributed by atoms with Gasteiger partial charge in [0.05, 0.1) is 6.61 Å². The molecule has 1 N–H and O–H groups in total. The van der Waals surface area contributed by atoms with E-state index >= 15 is 0 Å². The molecule has 1 atom stereocenters. The van der Waals surface area contributed by atoms with E-state index in [9.17, 15) is 4.79 Å². The van der Waals surface area contributed by atoms with E-state index in [1.807, 2.05) is 49.4 Å². The summed E-state index contributed by atoms with van der Waals surface area (Å²) in [6, 6.07) is 13.2. The molecule has 0 spiro atoms. The largest absolute Gasteiger partial charge is 0.493 e. The van der Waals surface area contributed by atoms with Gasteiger partial charge in [-0.2, -0.15) is 0 Å². The van der Waals surface area contributed by atoms with Crippen LogP contribution >= 0.6 is 23.4 Å². The van der Waals surface area contributed by atoms with Crippen molar-refractivity contribution in [3.05, 3.63) is 53.1 Å². The molecule has 0 radical (unpaired) electrons. The Morgan fingerprint density at radius 3 is 2.54 bits per heavy atom. The fourth-order valence-electron chi connectivity index (χ4n) is 2.26. The number of carboxylic acids is 1. The summed E-state index contributed by atoms with van der Waals surface area (Å²) in [6.45, 7) is 4.41. The van der Waals surface area contributed by atoms with Crippen molar-refractivity contribution >= 4 is 29.3 Å². The van der Waals surface area contributed by atoms with Gasteiger partial charge in [0.25, 0.3) is 0 Å². The lowest BCUT2D eigenvalue weighted by atomic mass is 10.1. The van der Waals surface area contributed by atoms with Crippen LogP contribution in [0.1, 0.15) is 18.9 Å². The summed E-state index contributed by atoms with van der Waals surface area (Å²) in [5.74, 6) is 1.83. The lowest BCUT2D eigenvalue weighted by molar-refractivity contribution is -0.139. The second-order valence-corrected chi connectivity index (χ2v) is 7.49. The molecule has 0 aromatic heterocycles. The third kappa shape index (κ3) is 6.81. The highest BCUT2D eigenvalue weighted by atomic mass is 35.5. The monoisotopic (exact) mass is 394 g/mol. The second-order valence-electron chi connectivity index (χ2n) is 5.96. The number of aryl methyl sites for hydroxylation is 1. The van der Waals surface area contributed by atoms with E-state index in [-0.39, 0.29) is 6.61 Å². The number of benzene rings is 2. The van der Waals surface area contributed by atoms with E-state index in [4.69, 9.17) is 26.2 Å². The predicted octanol–water partition coefficient (Wildman–Crippen LogP) is 5.31. The first-order chi connectivity index (χ1) is 12.5. The summed E-state index contributed by atoms with van der Waals surface area (Å²) in [4.78, 5) is 11.7. The lowest BCUT2D eigenvalue weighted by Crippen LogP contribution is -2.13. The standard InChI is InChI=1S/C20H23ClO4S/c1-3-15(11-24-17-6-4-16(21)5-7-17)13-26-18-8-9-19(14(2)10-18)25-12-20(22)23/h4-10,15H,3,11-13H2,1-2H3,(H,22,23). The van der Waals surface area contributed by atoms with E-state index < -0.39 is 5.97 Å². The molecule has 1 unspecified atom stereocenters. The molecule has 0 fully saturated rings. The van der Waals surface area contributed by atoms with Gasteiger partial charge in [-0.15, -0.1) is 11.8 Å². The highest BCUT2D eigenvalue weighted by Gasteiger charge is 2.10. The van der Waals surface area contributed by atoms with E-state index in [0.717, 1.165) is 28.4 Å². The van der Waals surface area contributed by atoms with Crippen LogP contribution in [0.15, 0.2) is 47.4 Å². The maximum absolute atomic E-state index is 10.6. The lowest BCUT2D eigenvalue weighted by Gasteiger charge is -2.16. The molecule has 0 saturated carbocycles. The number of aliphatic carboxylic acids is 1. The molecule has 4 nitrogen and oxygen atoms in total. The Morgan fingerprint density at radius 1 is 1.19 bits per heavy atom. The topological polar surface area (TPSA) is 55.8 Å². The van der Waals surface area contributed by atoms with Crippen LogP contribution in [-0.2, 0) is 4.79 Å². The van der Waals surface area contributed by atoms with Crippen LogP contribution in [0.25, 0.3) is 0 Å². The Hall–Kier alpha value is -1.85. The van der Waals surface area contributed by atoms with Crippen molar-refractivity contribution < 1.29 is 19.4 Å². The first-order valence-corrected chi connectivity index (χ1v) is 9.80. The van der Waals surface area contributed by atoms with Crippen molar-refractivity contribution in [2.75, 3.05) is 19.0 Å². The molecule has 0 bridgehead atoms. The van der Waals surface area contributed by atoms with Gasteiger partial charge < -0.3 is 14.6 Å². The zero-order valence-electron chi connectivity index (χ0n) is 14.9. The van der Waals surface area contributed by atoms with Crippen LogP contribution in [0.3, 0.4) is 0 Å². The molecular weight excluding hydrogens is 372 g/mol. The number of carbonyl (C=O) groups is 1. The van der Waals surface area contributed by atoms with Crippen LogP contribution < -0.4 is 9.47 Å². The molecule has 2 rings (SSSR count). The highest BCUT2D eigenvalue weighted by Crippen LogP contribution is 2.28. The van der Waals surface area contributed by atoms with Crippen molar-refractivity contribution in [1.82, 2.24) is 0 Å². The fourth-order valence-corrected chi connectivity index (χ4v) is 3.57. The average molecular weight is 395 g/mol. The molecule has 0 heterocycles. The molecule has 0 saturated heterocycles. The van der Waals surface area contributed by atoms with Crippen molar-refractivity contribution in [2.24, 2.45) is 5.92 Å². The zero-order valence-corrected chi connectivity index (χ0v) is 16.5. The summed E-state index contributed by atoms with van der Waals surface area (Å²) in [5.41, 5.74) is 0.932. The maximum Gasteiger partial charge on any atom is 0.341 e. The summed E-state index contributed by atoms with van der Waals surface area (Å²) in [6.07, 6.45) is 1.03. The van der Waals surface area contributed by atoms with Crippen LogP contribution in [0, 0.1) is 12.8 Å². The minimum absolute atomic E-state index is 0.326. The maximum atomic E-state index is 10.6. The Morgan fingerprint density at radius 2 is 1.92 bits per heavy atom. The number of halogens is 1. The van der Waals surface area contributed by atoms with Crippen LogP contribution in [-0.4, -0.2) is 30.0 Å². The molecule has 6 heteroatoms. The van der Waals surface area contributed by atoms with Gasteiger partial charge in [-0.3, -0.25) is 0 Å². The molecule has 26 heavy (non-hydrogen) atoms. The molecule has 0 aliphatic heterocycles. The number of rotatable bonds is 10. The third-order valence-electron chi connectivity index (χ3n) is 3.86.